The lowest BCUT2D eigenvalue weighted by atomic mass is 10.00. The zero-order valence-electron chi connectivity index (χ0n) is 23.0. The molecule has 11 heteroatoms. The summed E-state index contributed by atoms with van der Waals surface area (Å²) in [5, 5.41) is 5.20. The van der Waals surface area contributed by atoms with E-state index in [1.807, 2.05) is 19.9 Å². The van der Waals surface area contributed by atoms with E-state index < -0.39 is 53.9 Å². The summed E-state index contributed by atoms with van der Waals surface area (Å²) in [5.74, 6) is -2.28. The molecule has 210 valence electrons. The Morgan fingerprint density at radius 1 is 1.18 bits per heavy atom. The van der Waals surface area contributed by atoms with Gasteiger partial charge in [-0.05, 0) is 52.5 Å². The van der Waals surface area contributed by atoms with Gasteiger partial charge in [0.25, 0.3) is 0 Å². The monoisotopic (exact) mass is 532 g/mol. The first-order valence-electron chi connectivity index (χ1n) is 12.8. The molecule has 4 amide bonds. The molecule has 0 bridgehead atoms. The van der Waals surface area contributed by atoms with Gasteiger partial charge >= 0.3 is 12.1 Å². The van der Waals surface area contributed by atoms with E-state index in [0.717, 1.165) is 5.56 Å². The Bertz CT molecular complexity index is 1040. The lowest BCUT2D eigenvalue weighted by molar-refractivity contribution is -0.145. The molecule has 4 N–H and O–H groups in total. The van der Waals surface area contributed by atoms with Gasteiger partial charge in [-0.25, -0.2) is 4.79 Å². The molecular formula is C27H40N4O7. The molecule has 2 rings (SSSR count). The summed E-state index contributed by atoms with van der Waals surface area (Å²) in [5.41, 5.74) is 6.01. The highest BCUT2D eigenvalue weighted by atomic mass is 16.6. The summed E-state index contributed by atoms with van der Waals surface area (Å²) in [6.07, 6.45) is -0.745. The molecule has 1 fully saturated rings. The number of ether oxygens (including phenoxy) is 2. The molecule has 0 radical (unpaired) electrons. The van der Waals surface area contributed by atoms with Crippen molar-refractivity contribution in [3.63, 3.8) is 0 Å². The average Bonchev–Trinajstić information content (AvgIpc) is 3.50. The second-order valence-corrected chi connectivity index (χ2v) is 10.6. The first kappa shape index (κ1) is 30.6. The van der Waals surface area contributed by atoms with Crippen LogP contribution in [-0.4, -0.2) is 65.5 Å². The van der Waals surface area contributed by atoms with Crippen LogP contribution in [0.15, 0.2) is 24.3 Å². The van der Waals surface area contributed by atoms with E-state index >= 15 is 0 Å². The van der Waals surface area contributed by atoms with Crippen LogP contribution in [0.5, 0.6) is 0 Å². The Morgan fingerprint density at radius 3 is 2.37 bits per heavy atom. The van der Waals surface area contributed by atoms with Gasteiger partial charge in [-0.3, -0.25) is 19.2 Å². The van der Waals surface area contributed by atoms with Gasteiger partial charge < -0.3 is 30.7 Å². The maximum atomic E-state index is 14.0. The molecule has 0 aliphatic heterocycles. The van der Waals surface area contributed by atoms with Crippen molar-refractivity contribution in [1.82, 2.24) is 15.5 Å². The number of carbonyl (C=O) groups excluding carboxylic acids is 5. The largest absolute Gasteiger partial charge is 0.466 e. The number of primary amides is 1. The van der Waals surface area contributed by atoms with Crippen molar-refractivity contribution < 1.29 is 33.4 Å². The van der Waals surface area contributed by atoms with Crippen LogP contribution in [-0.2, 0) is 28.7 Å². The Labute approximate surface area is 223 Å². The number of nitrogens with zero attached hydrogens (tertiary/aromatic N) is 1. The van der Waals surface area contributed by atoms with E-state index in [0.29, 0.717) is 12.0 Å². The molecule has 1 aromatic carbocycles. The second-order valence-electron chi connectivity index (χ2n) is 10.6. The third-order valence-electron chi connectivity index (χ3n) is 5.89. The van der Waals surface area contributed by atoms with E-state index in [2.05, 4.69) is 10.6 Å². The zero-order valence-corrected chi connectivity index (χ0v) is 23.0. The topological polar surface area (TPSA) is 157 Å². The van der Waals surface area contributed by atoms with Gasteiger partial charge in [0.1, 0.15) is 17.7 Å². The molecule has 0 saturated heterocycles. The van der Waals surface area contributed by atoms with Crippen molar-refractivity contribution in [1.29, 1.82) is 0 Å². The normalized spacial score (nSPS) is 17.9. The number of carbonyl (C=O) groups is 5. The van der Waals surface area contributed by atoms with Gasteiger partial charge in [-0.1, -0.05) is 36.8 Å². The number of benzene rings is 1. The molecule has 11 nitrogen and oxygen atoms in total. The summed E-state index contributed by atoms with van der Waals surface area (Å²) < 4.78 is 10.2. The van der Waals surface area contributed by atoms with Crippen molar-refractivity contribution in [3.8, 4) is 0 Å². The number of hydrogen-bond donors (Lipinski definition) is 3. The number of rotatable bonds is 12. The van der Waals surface area contributed by atoms with Crippen LogP contribution in [0.25, 0.3) is 0 Å². The van der Waals surface area contributed by atoms with Crippen LogP contribution in [0.3, 0.4) is 0 Å². The van der Waals surface area contributed by atoms with Crippen LogP contribution >= 0.6 is 0 Å². The van der Waals surface area contributed by atoms with E-state index in [1.165, 1.54) is 4.90 Å². The van der Waals surface area contributed by atoms with E-state index in [4.69, 9.17) is 15.2 Å². The highest BCUT2D eigenvalue weighted by Gasteiger charge is 2.48. The van der Waals surface area contributed by atoms with Crippen LogP contribution in [0.4, 0.5) is 4.79 Å². The summed E-state index contributed by atoms with van der Waals surface area (Å²) in [6, 6.07) is 4.46. The standard InChI is InChI=1S/C27H40N4O7/c1-7-37-22(33)11-12-29-24(34)23(18-10-8-9-16(2)13-18)31(20-14-17(20)3)25(35)19(15-21(28)32)30-26(36)38-27(4,5)6/h8-10,13,17,19-20,23H,7,11-12,14-15H2,1-6H3,(H2,28,32)(H,29,34)(H,30,36). The Balaban J connectivity index is 2.42. The summed E-state index contributed by atoms with van der Waals surface area (Å²) >= 11 is 0. The molecule has 1 saturated carbocycles. The predicted molar refractivity (Wildman–Crippen MR) is 140 cm³/mol. The van der Waals surface area contributed by atoms with Crippen LogP contribution in [0.1, 0.15) is 71.0 Å². The van der Waals surface area contributed by atoms with Crippen molar-refractivity contribution in [2.24, 2.45) is 11.7 Å². The van der Waals surface area contributed by atoms with Gasteiger partial charge in [0.05, 0.1) is 19.4 Å². The fourth-order valence-electron chi connectivity index (χ4n) is 4.10. The van der Waals surface area contributed by atoms with Crippen molar-refractivity contribution in [2.45, 2.75) is 84.5 Å². The second kappa shape index (κ2) is 13.3. The maximum Gasteiger partial charge on any atom is 0.408 e. The van der Waals surface area contributed by atoms with Crippen molar-refractivity contribution in [2.75, 3.05) is 13.2 Å². The molecular weight excluding hydrogens is 492 g/mol. The summed E-state index contributed by atoms with van der Waals surface area (Å²) in [4.78, 5) is 65.1. The Morgan fingerprint density at radius 2 is 1.84 bits per heavy atom. The summed E-state index contributed by atoms with van der Waals surface area (Å²) in [6.45, 7) is 10.8. The minimum atomic E-state index is -1.34. The molecule has 4 atom stereocenters. The van der Waals surface area contributed by atoms with Gasteiger partial charge in [0, 0.05) is 12.6 Å². The minimum absolute atomic E-state index is 0.0170. The molecule has 0 spiro atoms. The summed E-state index contributed by atoms with van der Waals surface area (Å²) in [7, 11) is 0. The Kier molecular flexibility index (Phi) is 10.7. The number of hydrogen-bond acceptors (Lipinski definition) is 7. The molecule has 1 aliphatic rings. The van der Waals surface area contributed by atoms with Crippen molar-refractivity contribution >= 4 is 29.8 Å². The van der Waals surface area contributed by atoms with Gasteiger partial charge in [0.2, 0.25) is 17.7 Å². The number of nitrogens with two attached hydrogens (primary N) is 1. The van der Waals surface area contributed by atoms with Crippen molar-refractivity contribution in [3.05, 3.63) is 35.4 Å². The van der Waals surface area contributed by atoms with E-state index in [-0.39, 0.29) is 31.5 Å². The number of amides is 4. The van der Waals surface area contributed by atoms with E-state index in [1.54, 1.807) is 45.9 Å². The first-order valence-corrected chi connectivity index (χ1v) is 12.8. The SMILES string of the molecule is CCOC(=O)CCNC(=O)C(c1cccc(C)c1)N(C(=O)C(CC(N)=O)NC(=O)OC(C)(C)C)C1CC1C. The first-order chi connectivity index (χ1) is 17.7. The smallest absolute Gasteiger partial charge is 0.408 e. The Hall–Kier alpha value is -3.63. The molecule has 38 heavy (non-hydrogen) atoms. The lowest BCUT2D eigenvalue weighted by Gasteiger charge is -2.35. The van der Waals surface area contributed by atoms with E-state index in [9.17, 15) is 24.0 Å². The fourth-order valence-corrected chi connectivity index (χ4v) is 4.10. The number of nitrogens with one attached hydrogen (secondary N) is 2. The fraction of sp³-hybridized carbons (Fsp3) is 0.593. The number of alkyl carbamates (subject to hydrolysis) is 1. The van der Waals surface area contributed by atoms with Gasteiger partial charge in [-0.2, -0.15) is 0 Å². The average molecular weight is 533 g/mol. The molecule has 0 aromatic heterocycles. The van der Waals surface area contributed by atoms with Gasteiger partial charge in [-0.15, -0.1) is 0 Å². The zero-order chi connectivity index (χ0) is 28.6. The van der Waals surface area contributed by atoms with Crippen LogP contribution < -0.4 is 16.4 Å². The van der Waals surface area contributed by atoms with Gasteiger partial charge in [0.15, 0.2) is 0 Å². The third-order valence-corrected chi connectivity index (χ3v) is 5.89. The molecule has 1 aliphatic carbocycles. The minimum Gasteiger partial charge on any atom is -0.466 e. The lowest BCUT2D eigenvalue weighted by Crippen LogP contribution is -2.55. The number of aryl methyl sites for hydroxylation is 1. The maximum absolute atomic E-state index is 14.0. The molecule has 1 aromatic rings. The quantitative estimate of drug-likeness (QED) is 0.348. The van der Waals surface area contributed by atoms with Crippen LogP contribution in [0.2, 0.25) is 0 Å². The third kappa shape index (κ3) is 9.35. The van der Waals surface area contributed by atoms with Crippen LogP contribution in [0, 0.1) is 12.8 Å². The number of esters is 1. The highest BCUT2D eigenvalue weighted by Crippen LogP contribution is 2.41. The molecule has 0 heterocycles. The molecule has 4 unspecified atom stereocenters. The predicted octanol–water partition coefficient (Wildman–Crippen LogP) is 2.11. The highest BCUT2D eigenvalue weighted by molar-refractivity contribution is 5.95.